The molecule has 7 nitrogen and oxygen atoms in total. The van der Waals surface area contributed by atoms with Crippen LogP contribution >= 0.6 is 0 Å². The highest BCUT2D eigenvalue weighted by molar-refractivity contribution is 5.96. The van der Waals surface area contributed by atoms with Crippen LogP contribution in [-0.2, 0) is 0 Å². The number of carbonyl (C=O) groups is 1. The molecule has 0 saturated heterocycles. The van der Waals surface area contributed by atoms with Crippen LogP contribution in [0, 0.1) is 24.2 Å². The molecule has 0 aliphatic heterocycles. The van der Waals surface area contributed by atoms with E-state index in [2.05, 4.69) is 20.4 Å². The Labute approximate surface area is 182 Å². The number of nitrogens with one attached hydrogen (secondary N) is 1. The number of alkyl halides is 3. The molecule has 3 aromatic rings. The molecule has 2 heterocycles. The van der Waals surface area contributed by atoms with Gasteiger partial charge in [0.25, 0.3) is 0 Å². The van der Waals surface area contributed by atoms with E-state index in [1.165, 1.54) is 12.4 Å². The van der Waals surface area contributed by atoms with Crippen LogP contribution in [0.2, 0.25) is 0 Å². The van der Waals surface area contributed by atoms with Gasteiger partial charge in [-0.15, -0.1) is 0 Å². The fourth-order valence-corrected chi connectivity index (χ4v) is 2.94. The average molecular weight is 442 g/mol. The molecule has 1 N–H and O–H groups in total. The largest absolute Gasteiger partial charge is 0.410 e. The molecule has 3 rings (SSSR count). The lowest BCUT2D eigenvalue weighted by molar-refractivity contribution is -0.165. The molecular weight excluding hydrogens is 421 g/mol. The predicted molar refractivity (Wildman–Crippen MR) is 112 cm³/mol. The summed E-state index contributed by atoms with van der Waals surface area (Å²) >= 11 is 0. The van der Waals surface area contributed by atoms with Crippen molar-refractivity contribution < 1.29 is 18.0 Å². The average Bonchev–Trinajstić information content (AvgIpc) is 3.22. The minimum absolute atomic E-state index is 0.113. The van der Waals surface area contributed by atoms with Crippen LogP contribution in [-0.4, -0.2) is 31.7 Å². The quantitative estimate of drug-likeness (QED) is 0.502. The molecule has 2 atom stereocenters. The van der Waals surface area contributed by atoms with Crippen molar-refractivity contribution in [3.8, 4) is 17.3 Å². The van der Waals surface area contributed by atoms with Crippen LogP contribution in [0.25, 0.3) is 11.3 Å². The molecule has 0 aliphatic carbocycles. The van der Waals surface area contributed by atoms with Crippen LogP contribution in [0.15, 0.2) is 42.9 Å². The third-order valence-corrected chi connectivity index (χ3v) is 4.89. The molecule has 0 bridgehead atoms. The van der Waals surface area contributed by atoms with Crippen LogP contribution in [0.1, 0.15) is 42.2 Å². The van der Waals surface area contributed by atoms with Crippen LogP contribution in [0.5, 0.6) is 0 Å². The Hall–Kier alpha value is -3.74. The smallest absolute Gasteiger partial charge is 0.321 e. The van der Waals surface area contributed by atoms with Gasteiger partial charge in [0.2, 0.25) is 5.95 Å². The summed E-state index contributed by atoms with van der Waals surface area (Å²) in [5.41, 5.74) is 2.98. The van der Waals surface area contributed by atoms with E-state index in [1.54, 1.807) is 37.4 Å². The summed E-state index contributed by atoms with van der Waals surface area (Å²) in [6.45, 7) is 4.54. The van der Waals surface area contributed by atoms with Crippen molar-refractivity contribution in [2.45, 2.75) is 39.4 Å². The molecule has 0 aliphatic rings. The van der Waals surface area contributed by atoms with Gasteiger partial charge in [0, 0.05) is 29.9 Å². The van der Waals surface area contributed by atoms with Gasteiger partial charge in [-0.05, 0) is 26.3 Å². The first-order valence-electron chi connectivity index (χ1n) is 9.83. The van der Waals surface area contributed by atoms with E-state index >= 15 is 0 Å². The summed E-state index contributed by atoms with van der Waals surface area (Å²) in [5.74, 6) is -0.270. The van der Waals surface area contributed by atoms with Gasteiger partial charge in [-0.3, -0.25) is 9.48 Å². The maximum Gasteiger partial charge on any atom is 0.410 e. The number of rotatable bonds is 7. The van der Waals surface area contributed by atoms with Gasteiger partial charge in [-0.1, -0.05) is 24.3 Å². The Morgan fingerprint density at radius 2 is 1.91 bits per heavy atom. The van der Waals surface area contributed by atoms with Gasteiger partial charge in [0.1, 0.15) is 6.04 Å². The molecule has 0 unspecified atom stereocenters. The van der Waals surface area contributed by atoms with Gasteiger partial charge in [0.05, 0.1) is 29.6 Å². The van der Waals surface area contributed by atoms with Crippen molar-refractivity contribution >= 4 is 17.4 Å². The van der Waals surface area contributed by atoms with Crippen molar-refractivity contribution in [1.82, 2.24) is 19.7 Å². The standard InChI is InChI=1S/C22H21F3N6O/c1-13(9-26)8-19(32)16-4-6-17(7-5-16)20-14(2)10-27-21(30-20)29-18-11-28-31(12-18)15(3)22(23,24)25/h4-7,10-13,15H,8H2,1-3H3,(H,27,29,30)/t13-,15+/m1/s1. The highest BCUT2D eigenvalue weighted by Crippen LogP contribution is 2.30. The normalized spacial score (nSPS) is 13.3. The highest BCUT2D eigenvalue weighted by atomic mass is 19.4. The molecule has 0 amide bonds. The van der Waals surface area contributed by atoms with Gasteiger partial charge in [-0.25, -0.2) is 9.97 Å². The molecule has 0 radical (unpaired) electrons. The number of nitriles is 1. The molecule has 166 valence electrons. The first kappa shape index (κ1) is 22.9. The summed E-state index contributed by atoms with van der Waals surface area (Å²) in [6.07, 6.45) is -0.146. The molecule has 2 aromatic heterocycles. The first-order valence-corrected chi connectivity index (χ1v) is 9.83. The van der Waals surface area contributed by atoms with Crippen molar-refractivity contribution in [1.29, 1.82) is 5.26 Å². The van der Waals surface area contributed by atoms with Crippen LogP contribution in [0.4, 0.5) is 24.8 Å². The number of ketones is 1. The number of carbonyl (C=O) groups excluding carboxylic acids is 1. The summed E-state index contributed by atoms with van der Waals surface area (Å²) in [5, 5.41) is 15.5. The minimum atomic E-state index is -4.41. The third-order valence-electron chi connectivity index (χ3n) is 4.89. The maximum atomic E-state index is 12.9. The summed E-state index contributed by atoms with van der Waals surface area (Å²) < 4.78 is 39.4. The van der Waals surface area contributed by atoms with E-state index in [-0.39, 0.29) is 24.1 Å². The van der Waals surface area contributed by atoms with Crippen molar-refractivity contribution in [3.05, 3.63) is 54.0 Å². The number of aryl methyl sites for hydroxylation is 1. The molecule has 0 fully saturated rings. The molecule has 1 aromatic carbocycles. The van der Waals surface area contributed by atoms with Gasteiger partial charge >= 0.3 is 6.18 Å². The zero-order chi connectivity index (χ0) is 23.5. The number of Topliss-reactive ketones (excluding diaryl/α,β-unsaturated/α-hetero) is 1. The maximum absolute atomic E-state index is 12.9. The van der Waals surface area contributed by atoms with Gasteiger partial charge in [-0.2, -0.15) is 23.5 Å². The van der Waals surface area contributed by atoms with E-state index < -0.39 is 12.2 Å². The lowest BCUT2D eigenvalue weighted by Gasteiger charge is -2.15. The topological polar surface area (TPSA) is 96.5 Å². The van der Waals surface area contributed by atoms with Crippen LogP contribution in [0.3, 0.4) is 0 Å². The Balaban J connectivity index is 1.79. The number of nitrogens with zero attached hydrogens (tertiary/aromatic N) is 5. The molecular formula is C22H21F3N6O. The Bertz CT molecular complexity index is 1150. The number of halogens is 3. The summed E-state index contributed by atoms with van der Waals surface area (Å²) in [7, 11) is 0. The molecule has 10 heteroatoms. The van der Waals surface area contributed by atoms with E-state index in [0.717, 1.165) is 22.7 Å². The fourth-order valence-electron chi connectivity index (χ4n) is 2.94. The number of anilines is 2. The second-order valence-corrected chi connectivity index (χ2v) is 7.51. The van der Waals surface area contributed by atoms with E-state index in [4.69, 9.17) is 5.26 Å². The zero-order valence-electron chi connectivity index (χ0n) is 17.7. The predicted octanol–water partition coefficient (Wildman–Crippen LogP) is 5.25. The molecule has 0 saturated carbocycles. The Morgan fingerprint density at radius 1 is 1.22 bits per heavy atom. The van der Waals surface area contributed by atoms with Gasteiger partial charge in [0.15, 0.2) is 5.78 Å². The fraction of sp³-hybridized carbons (Fsp3) is 0.318. The van der Waals surface area contributed by atoms with Gasteiger partial charge < -0.3 is 5.32 Å². The summed E-state index contributed by atoms with van der Waals surface area (Å²) in [4.78, 5) is 20.9. The number of hydrogen-bond donors (Lipinski definition) is 1. The highest BCUT2D eigenvalue weighted by Gasteiger charge is 2.38. The number of aromatic nitrogens is 4. The first-order chi connectivity index (χ1) is 15.1. The number of benzene rings is 1. The van der Waals surface area contributed by atoms with E-state index in [9.17, 15) is 18.0 Å². The van der Waals surface area contributed by atoms with Crippen molar-refractivity contribution in [2.24, 2.45) is 5.92 Å². The SMILES string of the molecule is Cc1cnc(Nc2cnn([C@@H](C)C(F)(F)F)c2)nc1-c1ccc(C(=O)C[C@@H](C)C#N)cc1. The second-order valence-electron chi connectivity index (χ2n) is 7.51. The monoisotopic (exact) mass is 442 g/mol. The van der Waals surface area contributed by atoms with Crippen molar-refractivity contribution in [2.75, 3.05) is 5.32 Å². The summed E-state index contributed by atoms with van der Waals surface area (Å²) in [6, 6.07) is 7.16. The lowest BCUT2D eigenvalue weighted by atomic mass is 9.99. The minimum Gasteiger partial charge on any atom is -0.321 e. The number of hydrogen-bond acceptors (Lipinski definition) is 6. The third kappa shape index (κ3) is 5.29. The Morgan fingerprint density at radius 3 is 2.53 bits per heavy atom. The van der Waals surface area contributed by atoms with E-state index in [1.807, 2.05) is 13.0 Å². The molecule has 0 spiro atoms. The van der Waals surface area contributed by atoms with E-state index in [0.29, 0.717) is 16.9 Å². The van der Waals surface area contributed by atoms with Crippen molar-refractivity contribution in [3.63, 3.8) is 0 Å². The molecule has 32 heavy (non-hydrogen) atoms. The zero-order valence-corrected chi connectivity index (χ0v) is 17.7. The second kappa shape index (κ2) is 9.18. The lowest BCUT2D eigenvalue weighted by Crippen LogP contribution is -2.23. The van der Waals surface area contributed by atoms with Crippen LogP contribution < -0.4 is 5.32 Å². The Kier molecular flexibility index (Phi) is 6.58.